The number of carboxylic acid groups (broad SMARTS) is 1. The number of morpholine rings is 1. The van der Waals surface area contributed by atoms with E-state index in [1.807, 2.05) is 17.9 Å². The van der Waals surface area contributed by atoms with Crippen molar-refractivity contribution in [1.29, 1.82) is 0 Å². The first-order chi connectivity index (χ1) is 13.0. The molecule has 9 nitrogen and oxygen atoms in total. The van der Waals surface area contributed by atoms with Gasteiger partial charge in [-0.2, -0.15) is 0 Å². The summed E-state index contributed by atoms with van der Waals surface area (Å²) in [5, 5.41) is 14.6. The number of pyridine rings is 1. The molecule has 1 aromatic heterocycles. The SMILES string of the molecule is CCN(CC(=O)O)C1CC(NC(=O)Nc2ccc(N3CCOCC3)cn2)C1. The summed E-state index contributed by atoms with van der Waals surface area (Å²) in [5.41, 5.74) is 1.02. The van der Waals surface area contributed by atoms with Gasteiger partial charge in [-0.15, -0.1) is 0 Å². The van der Waals surface area contributed by atoms with Gasteiger partial charge in [0.25, 0.3) is 0 Å². The smallest absolute Gasteiger partial charge is 0.320 e. The molecule has 0 atom stereocenters. The number of rotatable bonds is 7. The van der Waals surface area contributed by atoms with Crippen molar-refractivity contribution >= 4 is 23.5 Å². The predicted molar refractivity (Wildman–Crippen MR) is 101 cm³/mol. The lowest BCUT2D eigenvalue weighted by Gasteiger charge is -2.42. The summed E-state index contributed by atoms with van der Waals surface area (Å²) in [6, 6.07) is 3.72. The molecule has 0 aromatic carbocycles. The maximum Gasteiger partial charge on any atom is 0.320 e. The van der Waals surface area contributed by atoms with Crippen molar-refractivity contribution in [3.63, 3.8) is 0 Å². The van der Waals surface area contributed by atoms with Gasteiger partial charge in [0, 0.05) is 25.2 Å². The Balaban J connectivity index is 1.41. The van der Waals surface area contributed by atoms with Crippen LogP contribution in [-0.4, -0.2) is 78.5 Å². The third-order valence-electron chi connectivity index (χ3n) is 5.08. The minimum absolute atomic E-state index is 0.0412. The van der Waals surface area contributed by atoms with Gasteiger partial charge in [-0.05, 0) is 31.5 Å². The first-order valence-electron chi connectivity index (χ1n) is 9.37. The second kappa shape index (κ2) is 9.01. The van der Waals surface area contributed by atoms with Gasteiger partial charge in [-0.1, -0.05) is 6.92 Å². The Morgan fingerprint density at radius 1 is 1.33 bits per heavy atom. The first-order valence-corrected chi connectivity index (χ1v) is 9.37. The summed E-state index contributed by atoms with van der Waals surface area (Å²) in [7, 11) is 0. The van der Waals surface area contributed by atoms with Gasteiger partial charge in [0.15, 0.2) is 0 Å². The minimum atomic E-state index is -0.822. The molecule has 0 radical (unpaired) electrons. The van der Waals surface area contributed by atoms with Crippen molar-refractivity contribution in [2.75, 3.05) is 49.6 Å². The molecule has 3 rings (SSSR count). The number of aliphatic carboxylic acids is 1. The van der Waals surface area contributed by atoms with E-state index in [2.05, 4.69) is 20.5 Å². The molecule has 0 bridgehead atoms. The van der Waals surface area contributed by atoms with Crippen LogP contribution >= 0.6 is 0 Å². The van der Waals surface area contributed by atoms with Crippen molar-refractivity contribution in [2.45, 2.75) is 31.8 Å². The van der Waals surface area contributed by atoms with Crippen molar-refractivity contribution < 1.29 is 19.4 Å². The molecular formula is C18H27N5O4. The number of amides is 2. The molecule has 148 valence electrons. The van der Waals surface area contributed by atoms with E-state index in [1.54, 1.807) is 12.3 Å². The van der Waals surface area contributed by atoms with Gasteiger partial charge in [0.2, 0.25) is 0 Å². The summed E-state index contributed by atoms with van der Waals surface area (Å²) < 4.78 is 5.34. The maximum absolute atomic E-state index is 12.1. The highest BCUT2D eigenvalue weighted by Crippen LogP contribution is 2.25. The highest BCUT2D eigenvalue weighted by atomic mass is 16.5. The van der Waals surface area contributed by atoms with E-state index < -0.39 is 5.97 Å². The molecule has 2 heterocycles. The van der Waals surface area contributed by atoms with Crippen LogP contribution in [0.15, 0.2) is 18.3 Å². The average molecular weight is 377 g/mol. The number of anilines is 2. The Morgan fingerprint density at radius 2 is 2.07 bits per heavy atom. The fourth-order valence-electron chi connectivity index (χ4n) is 3.48. The first kappa shape index (κ1) is 19.4. The number of likely N-dealkylation sites (N-methyl/N-ethyl adjacent to an activating group) is 1. The molecule has 2 amide bonds. The van der Waals surface area contributed by atoms with Gasteiger partial charge in [-0.25, -0.2) is 9.78 Å². The van der Waals surface area contributed by atoms with E-state index in [0.717, 1.165) is 31.6 Å². The van der Waals surface area contributed by atoms with E-state index in [4.69, 9.17) is 9.84 Å². The summed E-state index contributed by atoms with van der Waals surface area (Å²) in [5.74, 6) is -0.320. The van der Waals surface area contributed by atoms with E-state index in [9.17, 15) is 9.59 Å². The number of carboxylic acids is 1. The van der Waals surface area contributed by atoms with Crippen LogP contribution in [0.3, 0.4) is 0 Å². The van der Waals surface area contributed by atoms with E-state index >= 15 is 0 Å². The van der Waals surface area contributed by atoms with Crippen LogP contribution in [0.5, 0.6) is 0 Å². The normalized spacial score (nSPS) is 22.2. The lowest BCUT2D eigenvalue weighted by Crippen LogP contribution is -2.55. The standard InChI is InChI=1S/C18H27N5O4/c1-2-22(12-17(24)25)15-9-13(10-15)20-18(26)21-16-4-3-14(11-19-16)23-5-7-27-8-6-23/h3-4,11,13,15H,2,5-10,12H2,1H3,(H,24,25)(H2,19,20,21,26). The Kier molecular flexibility index (Phi) is 6.46. The minimum Gasteiger partial charge on any atom is -0.480 e. The van der Waals surface area contributed by atoms with Gasteiger partial charge in [0.1, 0.15) is 5.82 Å². The van der Waals surface area contributed by atoms with Crippen LogP contribution in [0.4, 0.5) is 16.3 Å². The van der Waals surface area contributed by atoms with Gasteiger partial charge in [0.05, 0.1) is 31.6 Å². The Labute approximate surface area is 158 Å². The molecule has 0 spiro atoms. The molecule has 9 heteroatoms. The van der Waals surface area contributed by atoms with Crippen LogP contribution in [0.1, 0.15) is 19.8 Å². The molecule has 1 aliphatic carbocycles. The fraction of sp³-hybridized carbons (Fsp3) is 0.611. The third kappa shape index (κ3) is 5.30. The lowest BCUT2D eigenvalue weighted by atomic mass is 9.85. The number of nitrogens with zero attached hydrogens (tertiary/aromatic N) is 3. The Morgan fingerprint density at radius 3 is 2.67 bits per heavy atom. The van der Waals surface area contributed by atoms with Crippen molar-refractivity contribution in [1.82, 2.24) is 15.2 Å². The summed E-state index contributed by atoms with van der Waals surface area (Å²) in [4.78, 5) is 31.4. The second-order valence-electron chi connectivity index (χ2n) is 6.88. The number of ether oxygens (including phenoxy) is 1. The Hall–Kier alpha value is -2.39. The van der Waals surface area contributed by atoms with Crippen LogP contribution < -0.4 is 15.5 Å². The van der Waals surface area contributed by atoms with E-state index in [-0.39, 0.29) is 24.7 Å². The number of carbonyl (C=O) groups is 2. The van der Waals surface area contributed by atoms with E-state index in [0.29, 0.717) is 25.6 Å². The Bertz CT molecular complexity index is 642. The van der Waals surface area contributed by atoms with Crippen molar-refractivity contribution in [2.24, 2.45) is 0 Å². The summed E-state index contributed by atoms with van der Waals surface area (Å²) in [6.07, 6.45) is 3.28. The molecule has 2 fully saturated rings. The number of nitrogens with one attached hydrogen (secondary N) is 2. The second-order valence-corrected chi connectivity index (χ2v) is 6.88. The third-order valence-corrected chi connectivity index (χ3v) is 5.08. The number of carbonyl (C=O) groups excluding carboxylic acids is 1. The molecule has 1 saturated carbocycles. The summed E-state index contributed by atoms with van der Waals surface area (Å²) in [6.45, 7) is 5.79. The molecule has 27 heavy (non-hydrogen) atoms. The fourth-order valence-corrected chi connectivity index (χ4v) is 3.48. The molecular weight excluding hydrogens is 350 g/mol. The number of hydrogen-bond acceptors (Lipinski definition) is 6. The zero-order valence-electron chi connectivity index (χ0n) is 15.6. The molecule has 2 aliphatic rings. The van der Waals surface area contributed by atoms with Gasteiger partial charge in [-0.3, -0.25) is 15.0 Å². The van der Waals surface area contributed by atoms with Crippen LogP contribution in [-0.2, 0) is 9.53 Å². The van der Waals surface area contributed by atoms with Crippen molar-refractivity contribution in [3.05, 3.63) is 18.3 Å². The lowest BCUT2D eigenvalue weighted by molar-refractivity contribution is -0.139. The predicted octanol–water partition coefficient (Wildman–Crippen LogP) is 0.977. The monoisotopic (exact) mass is 377 g/mol. The molecule has 1 aromatic rings. The molecule has 0 unspecified atom stereocenters. The van der Waals surface area contributed by atoms with Gasteiger partial charge < -0.3 is 20.1 Å². The van der Waals surface area contributed by atoms with Crippen molar-refractivity contribution in [3.8, 4) is 0 Å². The number of urea groups is 1. The molecule has 1 saturated heterocycles. The van der Waals surface area contributed by atoms with Gasteiger partial charge >= 0.3 is 12.0 Å². The number of aromatic nitrogens is 1. The summed E-state index contributed by atoms with van der Waals surface area (Å²) >= 11 is 0. The zero-order chi connectivity index (χ0) is 19.2. The molecule has 3 N–H and O–H groups in total. The largest absolute Gasteiger partial charge is 0.480 e. The highest BCUT2D eigenvalue weighted by molar-refractivity contribution is 5.88. The highest BCUT2D eigenvalue weighted by Gasteiger charge is 2.34. The quantitative estimate of drug-likeness (QED) is 0.650. The van der Waals surface area contributed by atoms with E-state index in [1.165, 1.54) is 0 Å². The van der Waals surface area contributed by atoms with Crippen LogP contribution in [0.2, 0.25) is 0 Å². The van der Waals surface area contributed by atoms with Crippen LogP contribution in [0, 0.1) is 0 Å². The maximum atomic E-state index is 12.1. The topological polar surface area (TPSA) is 107 Å². The zero-order valence-corrected chi connectivity index (χ0v) is 15.6. The number of hydrogen-bond donors (Lipinski definition) is 3. The molecule has 1 aliphatic heterocycles. The average Bonchev–Trinajstić information content (AvgIpc) is 2.64. The van der Waals surface area contributed by atoms with Crippen LogP contribution in [0.25, 0.3) is 0 Å².